The summed E-state index contributed by atoms with van der Waals surface area (Å²) >= 11 is 0. The third-order valence-electron chi connectivity index (χ3n) is 12.3. The van der Waals surface area contributed by atoms with Gasteiger partial charge in [0.1, 0.15) is 30.2 Å². The molecule has 0 unspecified atom stereocenters. The number of aromatic nitrogens is 1. The fraction of sp³-hybridized carbons (Fsp3) is 0.510. The van der Waals surface area contributed by atoms with Gasteiger partial charge in [-0.3, -0.25) is 43.3 Å². The van der Waals surface area contributed by atoms with Gasteiger partial charge in [-0.1, -0.05) is 82.6 Å². The van der Waals surface area contributed by atoms with Crippen LogP contribution in [0.4, 0.5) is 0 Å². The van der Waals surface area contributed by atoms with Crippen LogP contribution in [0, 0.1) is 11.8 Å². The lowest BCUT2D eigenvalue weighted by Crippen LogP contribution is -2.58. The van der Waals surface area contributed by atoms with E-state index < -0.39 is 109 Å². The summed E-state index contributed by atoms with van der Waals surface area (Å²) in [7, 11) is 0. The summed E-state index contributed by atoms with van der Waals surface area (Å²) in [6.45, 7) is 5.93. The predicted molar refractivity (Wildman–Crippen MR) is 268 cm³/mol. The zero-order valence-corrected chi connectivity index (χ0v) is 41.3. The van der Waals surface area contributed by atoms with Gasteiger partial charge in [0.2, 0.25) is 47.3 Å². The number of hydrogen-bond acceptors (Lipinski definition) is 11. The van der Waals surface area contributed by atoms with Crippen molar-refractivity contribution in [2.24, 2.45) is 34.0 Å². The molecule has 1 aromatic heterocycles. The molecule has 0 saturated carbocycles. The second-order valence-electron chi connectivity index (χ2n) is 18.3. The smallest absolute Gasteiger partial charge is 0.326 e. The van der Waals surface area contributed by atoms with Gasteiger partial charge in [0.25, 0.3) is 0 Å². The van der Waals surface area contributed by atoms with E-state index in [0.29, 0.717) is 18.4 Å². The van der Waals surface area contributed by atoms with Gasteiger partial charge in [-0.15, -0.1) is 0 Å². The molecule has 23 heteroatoms. The highest BCUT2D eigenvalue weighted by Crippen LogP contribution is 2.22. The van der Waals surface area contributed by atoms with Crippen molar-refractivity contribution in [1.82, 2.24) is 47.1 Å². The molecule has 0 bridgehead atoms. The lowest BCUT2D eigenvalue weighted by atomic mass is 9.98. The number of likely N-dealkylation sites (tertiary alicyclic amines) is 1. The highest BCUT2D eigenvalue weighted by atomic mass is 16.4. The Balaban J connectivity index is 1.32. The topological polar surface area (TPSA) is 368 Å². The van der Waals surface area contributed by atoms with Crippen molar-refractivity contribution in [3.63, 3.8) is 0 Å². The first-order valence-corrected chi connectivity index (χ1v) is 24.2. The average Bonchev–Trinajstić information content (AvgIpc) is 4.02. The van der Waals surface area contributed by atoms with Gasteiger partial charge in [-0.2, -0.15) is 0 Å². The molecule has 3 aromatic rings. The third kappa shape index (κ3) is 18.0. The highest BCUT2D eigenvalue weighted by molar-refractivity contribution is 5.97. The molecule has 392 valence electrons. The first-order chi connectivity index (χ1) is 34.3. The number of carboxylic acids is 1. The van der Waals surface area contributed by atoms with E-state index in [1.54, 1.807) is 36.5 Å². The van der Waals surface area contributed by atoms with Crippen molar-refractivity contribution in [3.05, 3.63) is 71.9 Å². The van der Waals surface area contributed by atoms with Gasteiger partial charge in [0, 0.05) is 43.0 Å². The molecule has 1 aliphatic heterocycles. The molecule has 0 radical (unpaired) electrons. The molecule has 2 heterocycles. The number of carboxylic acid groups (broad SMARTS) is 1. The van der Waals surface area contributed by atoms with E-state index >= 15 is 0 Å². The zero-order chi connectivity index (χ0) is 52.9. The summed E-state index contributed by atoms with van der Waals surface area (Å²) in [5, 5.41) is 28.6. The number of para-hydroxylation sites is 1. The minimum absolute atomic E-state index is 0.0184. The first-order valence-electron chi connectivity index (χ1n) is 24.2. The van der Waals surface area contributed by atoms with Crippen LogP contribution in [-0.4, -0.2) is 143 Å². The van der Waals surface area contributed by atoms with Crippen LogP contribution in [0.3, 0.4) is 0 Å². The molecule has 0 aliphatic carbocycles. The van der Waals surface area contributed by atoms with E-state index in [1.165, 1.54) is 4.90 Å². The quantitative estimate of drug-likeness (QED) is 0.0231. The number of hydrogen-bond donors (Lipinski definition) is 12. The molecule has 72 heavy (non-hydrogen) atoms. The van der Waals surface area contributed by atoms with E-state index in [2.05, 4.69) is 47.2 Å². The number of guanidine groups is 1. The number of nitrogens with two attached hydrogens (primary N) is 3. The lowest BCUT2D eigenvalue weighted by Gasteiger charge is -2.30. The number of carbonyl (C=O) groups is 9. The Hall–Kier alpha value is -7.56. The number of H-pyrrole nitrogens is 1. The SMILES string of the molecule is CC[C@H](C)[C@H](N)C(=O)N[C@@H](Cc1c[nH]c2ccccc12)C(=O)NCC(=O)NCC(=O)NCC(=O)N[C@@H](CC(C)C)C(=O)N[C@@H](CCCN=C(N)N)C(=O)N1CCC[C@H]1C(=O)N[C@@H](Cc1ccccc1)C(=O)O. The predicted octanol–water partition coefficient (Wildman–Crippen LogP) is -1.21. The maximum atomic E-state index is 14.2. The number of carbonyl (C=O) groups excluding carboxylic acids is 8. The number of aliphatic imine (C=N–C) groups is 1. The molecule has 2 aromatic carbocycles. The Morgan fingerprint density at radius 3 is 2.04 bits per heavy atom. The summed E-state index contributed by atoms with van der Waals surface area (Å²) in [4.78, 5) is 127. The van der Waals surface area contributed by atoms with Crippen LogP contribution in [-0.2, 0) is 56.0 Å². The van der Waals surface area contributed by atoms with E-state index in [0.717, 1.165) is 16.5 Å². The zero-order valence-electron chi connectivity index (χ0n) is 41.3. The molecular formula is C49H71N13O10. The van der Waals surface area contributed by atoms with Crippen molar-refractivity contribution in [1.29, 1.82) is 0 Å². The van der Waals surface area contributed by atoms with Gasteiger partial charge in [-0.25, -0.2) is 4.79 Å². The minimum Gasteiger partial charge on any atom is -0.480 e. The molecule has 0 spiro atoms. The Labute approximate surface area is 418 Å². The van der Waals surface area contributed by atoms with Crippen LogP contribution in [0.1, 0.15) is 77.3 Å². The van der Waals surface area contributed by atoms with Crippen molar-refractivity contribution in [2.75, 3.05) is 32.7 Å². The molecule has 8 amide bonds. The largest absolute Gasteiger partial charge is 0.480 e. The van der Waals surface area contributed by atoms with Gasteiger partial charge >= 0.3 is 5.97 Å². The van der Waals surface area contributed by atoms with Crippen LogP contribution in [0.5, 0.6) is 0 Å². The van der Waals surface area contributed by atoms with Crippen molar-refractivity contribution < 1.29 is 48.3 Å². The third-order valence-corrected chi connectivity index (χ3v) is 12.3. The van der Waals surface area contributed by atoms with E-state index in [-0.39, 0.29) is 69.4 Å². The first kappa shape index (κ1) is 57.0. The van der Waals surface area contributed by atoms with Gasteiger partial charge in [0.05, 0.1) is 25.7 Å². The monoisotopic (exact) mass is 1000 g/mol. The molecule has 7 atom stereocenters. The fourth-order valence-corrected chi connectivity index (χ4v) is 8.09. The van der Waals surface area contributed by atoms with Crippen LogP contribution >= 0.6 is 0 Å². The Kier molecular flexibility index (Phi) is 22.4. The summed E-state index contributed by atoms with van der Waals surface area (Å²) < 4.78 is 0. The molecular weight excluding hydrogens is 931 g/mol. The summed E-state index contributed by atoms with van der Waals surface area (Å²) in [6.07, 6.45) is 3.59. The summed E-state index contributed by atoms with van der Waals surface area (Å²) in [6, 6.07) is 9.61. The van der Waals surface area contributed by atoms with E-state index in [9.17, 15) is 48.3 Å². The Bertz CT molecular complexity index is 2390. The van der Waals surface area contributed by atoms with Gasteiger partial charge in [0.15, 0.2) is 5.96 Å². The maximum Gasteiger partial charge on any atom is 0.326 e. The number of aliphatic carboxylic acids is 1. The van der Waals surface area contributed by atoms with Crippen LogP contribution in [0.15, 0.2) is 65.8 Å². The second kappa shape index (κ2) is 28.3. The second-order valence-corrected chi connectivity index (χ2v) is 18.3. The number of nitrogens with zero attached hydrogens (tertiary/aromatic N) is 2. The molecule has 1 aliphatic rings. The summed E-state index contributed by atoms with van der Waals surface area (Å²) in [5.41, 5.74) is 19.4. The number of nitrogens with one attached hydrogen (secondary N) is 8. The van der Waals surface area contributed by atoms with Crippen molar-refractivity contribution in [3.8, 4) is 0 Å². The Morgan fingerprint density at radius 1 is 0.750 bits per heavy atom. The number of rotatable bonds is 28. The normalized spacial score (nSPS) is 15.7. The number of fused-ring (bicyclic) bond motifs is 1. The minimum atomic E-state index is -1.26. The Morgan fingerprint density at radius 2 is 1.39 bits per heavy atom. The van der Waals surface area contributed by atoms with Gasteiger partial charge in [-0.05, 0) is 61.1 Å². The summed E-state index contributed by atoms with van der Waals surface area (Å²) in [5.74, 6) is -7.10. The highest BCUT2D eigenvalue weighted by Gasteiger charge is 2.39. The van der Waals surface area contributed by atoms with Crippen molar-refractivity contribution in [2.45, 2.75) is 115 Å². The van der Waals surface area contributed by atoms with Crippen molar-refractivity contribution >= 4 is 70.1 Å². The molecule has 1 saturated heterocycles. The molecule has 23 nitrogen and oxygen atoms in total. The van der Waals surface area contributed by atoms with Crippen LogP contribution in [0.2, 0.25) is 0 Å². The molecule has 4 rings (SSSR count). The van der Waals surface area contributed by atoms with Crippen LogP contribution < -0.4 is 54.4 Å². The van der Waals surface area contributed by atoms with E-state index in [1.807, 2.05) is 52.0 Å². The maximum absolute atomic E-state index is 14.2. The van der Waals surface area contributed by atoms with Gasteiger partial charge < -0.3 is 69.4 Å². The number of aromatic amines is 1. The molecule has 1 fully saturated rings. The number of benzene rings is 2. The standard InChI is InChI=1S/C49H71N13O10/c1-5-29(4)42(50)46(69)60-36(23-31-24-54-33-16-10-9-15-32(31)33)43(66)57-26-40(64)55-25-39(63)56-27-41(65)58-35(21-28(2)3)44(67)59-34(17-11-19-53-49(51)52)47(70)62-20-12-18-38(62)45(68)61-37(48(71)72)22-30-13-7-6-8-14-30/h6-10,13-16,24,28-29,34-38,42,54H,5,11-12,17-23,25-27,50H2,1-4H3,(H,55,64)(H,56,63)(H,57,66)(H,58,65)(H,59,67)(H,60,69)(H,61,68)(H,71,72)(H4,51,52,53)/t29-,34-,35-,36-,37-,38-,42-/m0/s1. The van der Waals surface area contributed by atoms with Crippen LogP contribution in [0.25, 0.3) is 10.9 Å². The number of amides is 8. The average molecular weight is 1000 g/mol. The lowest BCUT2D eigenvalue weighted by molar-refractivity contribution is -0.145. The molecule has 15 N–H and O–H groups in total. The van der Waals surface area contributed by atoms with E-state index in [4.69, 9.17) is 17.2 Å². The fourth-order valence-electron chi connectivity index (χ4n) is 8.09.